The standard InChI is InChI=1S/C27H24Cl2FNO6/c28-19-7-5-17(24(16-19)36-14-11-30)9-12-31-25(32)18-6-8-23(21(29)15-18)37-27(26(33)34)10-13-35-22-4-2-1-3-20(22)27/h1-8,15-16H,9-14H2,(H,31,32)(H,33,34). The van der Waals surface area contributed by atoms with E-state index in [-0.39, 0.29) is 48.4 Å². The molecule has 0 saturated carbocycles. The van der Waals surface area contributed by atoms with Crippen LogP contribution in [-0.2, 0) is 16.8 Å². The first-order valence-corrected chi connectivity index (χ1v) is 12.3. The first-order valence-electron chi connectivity index (χ1n) is 11.5. The topological polar surface area (TPSA) is 94.1 Å². The van der Waals surface area contributed by atoms with Crippen molar-refractivity contribution in [3.8, 4) is 17.2 Å². The van der Waals surface area contributed by atoms with Gasteiger partial charge in [0.25, 0.3) is 5.91 Å². The molecule has 0 aliphatic carbocycles. The molecule has 1 aliphatic rings. The minimum atomic E-state index is -1.68. The van der Waals surface area contributed by atoms with Gasteiger partial charge in [0, 0.05) is 29.1 Å². The Balaban J connectivity index is 1.44. The smallest absolute Gasteiger partial charge is 0.353 e. The Bertz CT molecular complexity index is 1300. The number of hydrogen-bond acceptors (Lipinski definition) is 5. The minimum absolute atomic E-state index is 0.0830. The van der Waals surface area contributed by atoms with E-state index in [1.807, 2.05) is 0 Å². The van der Waals surface area contributed by atoms with E-state index in [0.717, 1.165) is 5.56 Å². The molecule has 1 heterocycles. The minimum Gasteiger partial charge on any atom is -0.493 e. The van der Waals surface area contributed by atoms with E-state index in [0.29, 0.717) is 28.5 Å². The second kappa shape index (κ2) is 11.7. The van der Waals surface area contributed by atoms with Gasteiger partial charge in [-0.2, -0.15) is 0 Å². The molecule has 0 aromatic heterocycles. The van der Waals surface area contributed by atoms with Gasteiger partial charge in [-0.15, -0.1) is 0 Å². The number of rotatable bonds is 10. The van der Waals surface area contributed by atoms with Crippen molar-refractivity contribution < 1.29 is 33.3 Å². The summed E-state index contributed by atoms with van der Waals surface area (Å²) in [5, 5.41) is 13.4. The van der Waals surface area contributed by atoms with E-state index in [1.54, 1.807) is 42.5 Å². The van der Waals surface area contributed by atoms with Crippen molar-refractivity contribution in [2.24, 2.45) is 0 Å². The lowest BCUT2D eigenvalue weighted by atomic mass is 9.87. The zero-order valence-electron chi connectivity index (χ0n) is 19.6. The number of aliphatic carboxylic acids is 1. The van der Waals surface area contributed by atoms with Crippen molar-refractivity contribution in [2.45, 2.75) is 18.4 Å². The monoisotopic (exact) mass is 547 g/mol. The summed E-state index contributed by atoms with van der Waals surface area (Å²) < 4.78 is 29.5. The summed E-state index contributed by atoms with van der Waals surface area (Å²) in [6.45, 7) is -0.276. The Morgan fingerprint density at radius 3 is 2.65 bits per heavy atom. The first-order chi connectivity index (χ1) is 17.8. The van der Waals surface area contributed by atoms with Crippen molar-refractivity contribution in [3.63, 3.8) is 0 Å². The van der Waals surface area contributed by atoms with Crippen LogP contribution >= 0.6 is 23.2 Å². The molecule has 1 amide bonds. The van der Waals surface area contributed by atoms with Crippen molar-refractivity contribution in [1.29, 1.82) is 0 Å². The van der Waals surface area contributed by atoms with Crippen LogP contribution in [0, 0.1) is 0 Å². The van der Waals surface area contributed by atoms with Crippen LogP contribution in [0.25, 0.3) is 0 Å². The van der Waals surface area contributed by atoms with E-state index in [4.69, 9.17) is 37.4 Å². The lowest BCUT2D eigenvalue weighted by Crippen LogP contribution is -2.45. The Hall–Kier alpha value is -3.49. The lowest BCUT2D eigenvalue weighted by molar-refractivity contribution is -0.159. The Morgan fingerprint density at radius 2 is 1.89 bits per heavy atom. The number of carboxylic acid groups (broad SMARTS) is 1. The summed E-state index contributed by atoms with van der Waals surface area (Å²) in [6.07, 6.45) is 0.516. The number of fused-ring (bicyclic) bond motifs is 1. The molecule has 10 heteroatoms. The van der Waals surface area contributed by atoms with Crippen molar-refractivity contribution in [2.75, 3.05) is 26.4 Å². The molecule has 37 heavy (non-hydrogen) atoms. The van der Waals surface area contributed by atoms with Gasteiger partial charge in [0.05, 0.1) is 11.6 Å². The largest absolute Gasteiger partial charge is 0.493 e. The highest BCUT2D eigenvalue weighted by molar-refractivity contribution is 6.32. The molecule has 2 N–H and O–H groups in total. The van der Waals surface area contributed by atoms with Crippen LogP contribution in [0.1, 0.15) is 27.9 Å². The normalized spacial score (nSPS) is 16.3. The van der Waals surface area contributed by atoms with E-state index in [2.05, 4.69) is 5.32 Å². The van der Waals surface area contributed by atoms with Gasteiger partial charge in [-0.1, -0.05) is 47.5 Å². The molecule has 0 fully saturated rings. The molecule has 0 bridgehead atoms. The molecule has 194 valence electrons. The van der Waals surface area contributed by atoms with E-state index >= 15 is 0 Å². The van der Waals surface area contributed by atoms with Gasteiger partial charge in [-0.25, -0.2) is 9.18 Å². The fourth-order valence-electron chi connectivity index (χ4n) is 4.08. The van der Waals surface area contributed by atoms with Crippen molar-refractivity contribution in [3.05, 3.63) is 87.4 Å². The Kier molecular flexibility index (Phi) is 8.41. The highest BCUT2D eigenvalue weighted by Crippen LogP contribution is 2.42. The zero-order chi connectivity index (χ0) is 26.4. The number of benzene rings is 3. The van der Waals surface area contributed by atoms with E-state index < -0.39 is 18.2 Å². The fourth-order valence-corrected chi connectivity index (χ4v) is 4.46. The predicted octanol–water partition coefficient (Wildman–Crippen LogP) is 5.46. The van der Waals surface area contributed by atoms with Gasteiger partial charge in [-0.3, -0.25) is 4.79 Å². The number of ether oxygens (including phenoxy) is 3. The van der Waals surface area contributed by atoms with E-state index in [9.17, 15) is 19.1 Å². The molecule has 0 spiro atoms. The van der Waals surface area contributed by atoms with Gasteiger partial charge in [-0.05, 0) is 48.4 Å². The number of para-hydroxylation sites is 1. The van der Waals surface area contributed by atoms with Crippen LogP contribution in [0.5, 0.6) is 17.2 Å². The third-order valence-electron chi connectivity index (χ3n) is 5.90. The number of halogens is 3. The summed E-state index contributed by atoms with van der Waals surface area (Å²) in [7, 11) is 0. The van der Waals surface area contributed by atoms with Crippen LogP contribution in [0.4, 0.5) is 4.39 Å². The summed E-state index contributed by atoms with van der Waals surface area (Å²) in [4.78, 5) is 25.1. The second-order valence-electron chi connectivity index (χ2n) is 8.27. The van der Waals surface area contributed by atoms with Gasteiger partial charge >= 0.3 is 5.97 Å². The molecule has 1 atom stereocenters. The lowest BCUT2D eigenvalue weighted by Gasteiger charge is -2.35. The van der Waals surface area contributed by atoms with Crippen LogP contribution in [0.2, 0.25) is 10.0 Å². The second-order valence-corrected chi connectivity index (χ2v) is 9.11. The van der Waals surface area contributed by atoms with Crippen molar-refractivity contribution in [1.82, 2.24) is 5.32 Å². The molecule has 0 saturated heterocycles. The molecular formula is C27H24Cl2FNO6. The quantitative estimate of drug-likeness (QED) is 0.350. The zero-order valence-corrected chi connectivity index (χ0v) is 21.2. The highest BCUT2D eigenvalue weighted by Gasteiger charge is 2.47. The maximum absolute atomic E-state index is 12.7. The summed E-state index contributed by atoms with van der Waals surface area (Å²) in [6, 6.07) is 16.3. The third-order valence-corrected chi connectivity index (χ3v) is 6.43. The number of carbonyl (C=O) groups excluding carboxylic acids is 1. The van der Waals surface area contributed by atoms with Crippen LogP contribution in [0.15, 0.2) is 60.7 Å². The number of nitrogens with one attached hydrogen (secondary N) is 1. The van der Waals surface area contributed by atoms with Crippen LogP contribution in [0.3, 0.4) is 0 Å². The average molecular weight is 548 g/mol. The predicted molar refractivity (Wildman–Crippen MR) is 137 cm³/mol. The molecule has 3 aromatic carbocycles. The molecule has 1 aliphatic heterocycles. The van der Waals surface area contributed by atoms with Gasteiger partial charge < -0.3 is 24.6 Å². The number of carbonyl (C=O) groups is 2. The number of amides is 1. The fraction of sp³-hybridized carbons (Fsp3) is 0.259. The number of hydrogen-bond donors (Lipinski definition) is 2. The van der Waals surface area contributed by atoms with Crippen LogP contribution < -0.4 is 19.5 Å². The number of carboxylic acids is 1. The molecule has 3 aromatic rings. The third kappa shape index (κ3) is 5.92. The first kappa shape index (κ1) is 26.6. The van der Waals surface area contributed by atoms with Crippen LogP contribution in [-0.4, -0.2) is 43.4 Å². The van der Waals surface area contributed by atoms with Gasteiger partial charge in [0.2, 0.25) is 5.60 Å². The van der Waals surface area contributed by atoms with Gasteiger partial charge in [0.1, 0.15) is 30.5 Å². The maximum atomic E-state index is 12.7. The molecule has 7 nitrogen and oxygen atoms in total. The maximum Gasteiger partial charge on any atom is 0.353 e. The van der Waals surface area contributed by atoms with Gasteiger partial charge in [0.15, 0.2) is 0 Å². The molecule has 1 unspecified atom stereocenters. The summed E-state index contributed by atoms with van der Waals surface area (Å²) >= 11 is 12.4. The summed E-state index contributed by atoms with van der Waals surface area (Å²) in [5.74, 6) is -0.516. The Labute approximate surface area is 223 Å². The van der Waals surface area contributed by atoms with E-state index in [1.165, 1.54) is 18.2 Å². The molecular weight excluding hydrogens is 524 g/mol. The average Bonchev–Trinajstić information content (AvgIpc) is 2.89. The highest BCUT2D eigenvalue weighted by atomic mass is 35.5. The van der Waals surface area contributed by atoms with Crippen molar-refractivity contribution >= 4 is 35.1 Å². The Morgan fingerprint density at radius 1 is 1.08 bits per heavy atom. The molecule has 4 rings (SSSR count). The molecule has 0 radical (unpaired) electrons. The SMILES string of the molecule is O=C(NCCc1ccc(Cl)cc1OCCF)c1ccc(OC2(C(=O)O)CCOc3ccccc32)c(Cl)c1. The summed E-state index contributed by atoms with van der Waals surface area (Å²) in [5.41, 5.74) is -0.235. The number of alkyl halides is 1.